The molecule has 1 aromatic carbocycles. The molecule has 5 heteroatoms. The van der Waals surface area contributed by atoms with Crippen LogP contribution in [0.2, 0.25) is 0 Å². The lowest BCUT2D eigenvalue weighted by Gasteiger charge is -2.01. The minimum Gasteiger partial charge on any atom is -0.399 e. The van der Waals surface area contributed by atoms with Gasteiger partial charge in [-0.15, -0.1) is 0 Å². The SMILES string of the molecule is NC(=O)NC(=O)CCc1ccc(N)cc1. The third-order valence-corrected chi connectivity index (χ3v) is 1.88. The second-order valence-electron chi connectivity index (χ2n) is 3.15. The number of carbonyl (C=O) groups is 2. The first-order valence-electron chi connectivity index (χ1n) is 4.51. The van der Waals surface area contributed by atoms with Crippen LogP contribution in [0.4, 0.5) is 10.5 Å². The van der Waals surface area contributed by atoms with E-state index in [-0.39, 0.29) is 12.3 Å². The van der Waals surface area contributed by atoms with E-state index in [0.717, 1.165) is 5.56 Å². The van der Waals surface area contributed by atoms with Crippen molar-refractivity contribution >= 4 is 17.6 Å². The molecule has 0 saturated carbocycles. The first kappa shape index (κ1) is 11.0. The molecule has 0 atom stereocenters. The van der Waals surface area contributed by atoms with Crippen molar-refractivity contribution in [2.24, 2.45) is 5.73 Å². The fraction of sp³-hybridized carbons (Fsp3) is 0.200. The summed E-state index contributed by atoms with van der Waals surface area (Å²) in [5.41, 5.74) is 12.0. The van der Waals surface area contributed by atoms with E-state index in [1.807, 2.05) is 17.4 Å². The number of hydrogen-bond donors (Lipinski definition) is 3. The minimum atomic E-state index is -0.822. The van der Waals surface area contributed by atoms with E-state index < -0.39 is 6.03 Å². The number of amides is 3. The largest absolute Gasteiger partial charge is 0.399 e. The first-order valence-corrected chi connectivity index (χ1v) is 4.51. The Balaban J connectivity index is 2.40. The molecule has 5 nitrogen and oxygen atoms in total. The maximum absolute atomic E-state index is 11.1. The number of nitrogens with one attached hydrogen (secondary N) is 1. The summed E-state index contributed by atoms with van der Waals surface area (Å²) in [5, 5.41) is 2.00. The van der Waals surface area contributed by atoms with Crippen LogP contribution in [0.1, 0.15) is 12.0 Å². The van der Waals surface area contributed by atoms with Gasteiger partial charge in [0, 0.05) is 12.1 Å². The molecule has 0 aliphatic carbocycles. The van der Waals surface area contributed by atoms with Crippen LogP contribution in [-0.4, -0.2) is 11.9 Å². The molecule has 0 radical (unpaired) electrons. The van der Waals surface area contributed by atoms with Crippen molar-refractivity contribution in [1.29, 1.82) is 0 Å². The number of aryl methyl sites for hydroxylation is 1. The van der Waals surface area contributed by atoms with Gasteiger partial charge in [-0.25, -0.2) is 4.79 Å². The van der Waals surface area contributed by atoms with Gasteiger partial charge in [-0.1, -0.05) is 12.1 Å². The number of primary amides is 1. The van der Waals surface area contributed by atoms with Crippen LogP contribution < -0.4 is 16.8 Å². The molecule has 0 fully saturated rings. The van der Waals surface area contributed by atoms with E-state index >= 15 is 0 Å². The second kappa shape index (κ2) is 4.99. The summed E-state index contributed by atoms with van der Waals surface area (Å²) < 4.78 is 0. The van der Waals surface area contributed by atoms with Gasteiger partial charge in [0.1, 0.15) is 0 Å². The molecule has 0 unspecified atom stereocenters. The van der Waals surface area contributed by atoms with Crippen LogP contribution in [0.3, 0.4) is 0 Å². The van der Waals surface area contributed by atoms with Crippen LogP contribution in [-0.2, 0) is 11.2 Å². The fourth-order valence-corrected chi connectivity index (χ4v) is 1.14. The van der Waals surface area contributed by atoms with Gasteiger partial charge in [-0.05, 0) is 24.1 Å². The van der Waals surface area contributed by atoms with E-state index in [9.17, 15) is 9.59 Å². The summed E-state index contributed by atoms with van der Waals surface area (Å²) in [6.45, 7) is 0. The van der Waals surface area contributed by atoms with E-state index in [0.29, 0.717) is 12.1 Å². The Bertz CT molecular complexity index is 359. The zero-order valence-corrected chi connectivity index (χ0v) is 8.19. The Morgan fingerprint density at radius 1 is 1.20 bits per heavy atom. The van der Waals surface area contributed by atoms with Crippen LogP contribution in [0.25, 0.3) is 0 Å². The first-order chi connectivity index (χ1) is 7.08. The van der Waals surface area contributed by atoms with Crippen LogP contribution >= 0.6 is 0 Å². The topological polar surface area (TPSA) is 98.2 Å². The average molecular weight is 207 g/mol. The number of nitrogens with two attached hydrogens (primary N) is 2. The van der Waals surface area contributed by atoms with Crippen molar-refractivity contribution in [2.45, 2.75) is 12.8 Å². The molecule has 5 N–H and O–H groups in total. The number of nitrogen functional groups attached to an aromatic ring is 1. The molecule has 0 saturated heterocycles. The average Bonchev–Trinajstić information content (AvgIpc) is 2.16. The van der Waals surface area contributed by atoms with Crippen molar-refractivity contribution < 1.29 is 9.59 Å². The van der Waals surface area contributed by atoms with Gasteiger partial charge < -0.3 is 11.5 Å². The Hall–Kier alpha value is -2.04. The highest BCUT2D eigenvalue weighted by atomic mass is 16.2. The van der Waals surface area contributed by atoms with E-state index in [4.69, 9.17) is 11.5 Å². The highest BCUT2D eigenvalue weighted by molar-refractivity contribution is 5.93. The third-order valence-electron chi connectivity index (χ3n) is 1.88. The minimum absolute atomic E-state index is 0.229. The van der Waals surface area contributed by atoms with E-state index in [1.165, 1.54) is 0 Å². The van der Waals surface area contributed by atoms with Gasteiger partial charge in [0.15, 0.2) is 0 Å². The Kier molecular flexibility index (Phi) is 3.68. The predicted octanol–water partition coefficient (Wildman–Crippen LogP) is 0.396. The number of urea groups is 1. The molecule has 80 valence electrons. The molecule has 1 rings (SSSR count). The lowest BCUT2D eigenvalue weighted by Crippen LogP contribution is -2.35. The maximum atomic E-state index is 11.1. The molecule has 0 heterocycles. The normalized spacial score (nSPS) is 9.60. The van der Waals surface area contributed by atoms with Gasteiger partial charge >= 0.3 is 6.03 Å². The summed E-state index contributed by atoms with van der Waals surface area (Å²) in [7, 11) is 0. The molecule has 15 heavy (non-hydrogen) atoms. The van der Waals surface area contributed by atoms with Gasteiger partial charge in [0.2, 0.25) is 5.91 Å². The summed E-state index contributed by atoms with van der Waals surface area (Å²) in [4.78, 5) is 21.4. The van der Waals surface area contributed by atoms with Crippen molar-refractivity contribution in [3.63, 3.8) is 0 Å². The highest BCUT2D eigenvalue weighted by Crippen LogP contribution is 2.07. The zero-order valence-electron chi connectivity index (χ0n) is 8.19. The van der Waals surface area contributed by atoms with Crippen molar-refractivity contribution in [3.8, 4) is 0 Å². The molecule has 0 aliphatic heterocycles. The van der Waals surface area contributed by atoms with E-state index in [1.54, 1.807) is 12.1 Å². The zero-order chi connectivity index (χ0) is 11.3. The number of rotatable bonds is 3. The molecule has 1 aromatic rings. The molecule has 3 amide bonds. The van der Waals surface area contributed by atoms with Gasteiger partial charge in [-0.3, -0.25) is 10.1 Å². The van der Waals surface area contributed by atoms with Crippen LogP contribution in [0.5, 0.6) is 0 Å². The smallest absolute Gasteiger partial charge is 0.318 e. The quantitative estimate of drug-likeness (QED) is 0.625. The molecule has 0 spiro atoms. The summed E-state index contributed by atoms with van der Waals surface area (Å²) in [6.07, 6.45) is 0.784. The van der Waals surface area contributed by atoms with Crippen molar-refractivity contribution in [1.82, 2.24) is 5.32 Å². The fourth-order valence-electron chi connectivity index (χ4n) is 1.14. The summed E-state index contributed by atoms with van der Waals surface area (Å²) in [5.74, 6) is -0.376. The van der Waals surface area contributed by atoms with Crippen molar-refractivity contribution in [2.75, 3.05) is 5.73 Å². The number of hydrogen-bond acceptors (Lipinski definition) is 3. The predicted molar refractivity (Wildman–Crippen MR) is 56.9 cm³/mol. The Morgan fingerprint density at radius 2 is 1.80 bits per heavy atom. The summed E-state index contributed by atoms with van der Waals surface area (Å²) in [6, 6.07) is 6.39. The van der Waals surface area contributed by atoms with Gasteiger partial charge in [0.05, 0.1) is 0 Å². The molecule has 0 bridgehead atoms. The second-order valence-corrected chi connectivity index (χ2v) is 3.15. The summed E-state index contributed by atoms with van der Waals surface area (Å²) >= 11 is 0. The number of benzene rings is 1. The Labute approximate surface area is 87.4 Å². The van der Waals surface area contributed by atoms with Gasteiger partial charge in [-0.2, -0.15) is 0 Å². The van der Waals surface area contributed by atoms with Gasteiger partial charge in [0.25, 0.3) is 0 Å². The monoisotopic (exact) mass is 207 g/mol. The van der Waals surface area contributed by atoms with E-state index in [2.05, 4.69) is 0 Å². The highest BCUT2D eigenvalue weighted by Gasteiger charge is 2.03. The number of anilines is 1. The van der Waals surface area contributed by atoms with Crippen LogP contribution in [0.15, 0.2) is 24.3 Å². The standard InChI is InChI=1S/C10H13N3O2/c11-8-4-1-7(2-5-8)3-6-9(14)13-10(12)15/h1-2,4-5H,3,6,11H2,(H3,12,13,14,15). The number of imide groups is 1. The third kappa shape index (κ3) is 4.12. The molecule has 0 aromatic heterocycles. The van der Waals surface area contributed by atoms with Crippen LogP contribution in [0, 0.1) is 0 Å². The van der Waals surface area contributed by atoms with Crippen molar-refractivity contribution in [3.05, 3.63) is 29.8 Å². The number of carbonyl (C=O) groups excluding carboxylic acids is 2. The lowest BCUT2D eigenvalue weighted by molar-refractivity contribution is -0.119. The lowest BCUT2D eigenvalue weighted by atomic mass is 10.1. The maximum Gasteiger partial charge on any atom is 0.318 e. The molecular formula is C10H13N3O2. The molecular weight excluding hydrogens is 194 g/mol. The molecule has 0 aliphatic rings. The Morgan fingerprint density at radius 3 is 2.33 bits per heavy atom.